The lowest BCUT2D eigenvalue weighted by Crippen LogP contribution is -2.18. The predicted molar refractivity (Wildman–Crippen MR) is 121 cm³/mol. The smallest absolute Gasteiger partial charge is 0.416 e. The third-order valence-electron chi connectivity index (χ3n) is 5.79. The largest absolute Gasteiger partial charge is 0.463 e. The van der Waals surface area contributed by atoms with E-state index in [1.54, 1.807) is 12.1 Å². The number of ether oxygens (including phenoxy) is 1. The second-order valence-electron chi connectivity index (χ2n) is 8.05. The van der Waals surface area contributed by atoms with Crippen LogP contribution in [0.2, 0.25) is 0 Å². The van der Waals surface area contributed by atoms with Crippen molar-refractivity contribution in [1.82, 2.24) is 14.8 Å². The Morgan fingerprint density at radius 2 is 2.03 bits per heavy atom. The number of aromatic nitrogens is 3. The minimum Gasteiger partial charge on any atom is -0.463 e. The zero-order valence-electron chi connectivity index (χ0n) is 18.6. The number of nitrogens with one attached hydrogen (secondary N) is 1. The van der Waals surface area contributed by atoms with Crippen LogP contribution in [0, 0.1) is 0 Å². The molecule has 34 heavy (non-hydrogen) atoms. The maximum Gasteiger partial charge on any atom is 0.416 e. The van der Waals surface area contributed by atoms with Crippen LogP contribution in [0.4, 0.5) is 18.9 Å². The molecule has 7 nitrogen and oxygen atoms in total. The highest BCUT2D eigenvalue weighted by Crippen LogP contribution is 2.35. The average molecular weight is 495 g/mol. The van der Waals surface area contributed by atoms with Gasteiger partial charge in [0.1, 0.15) is 0 Å². The van der Waals surface area contributed by atoms with E-state index in [9.17, 15) is 18.0 Å². The quantitative estimate of drug-likeness (QED) is 0.300. The molecule has 0 aliphatic heterocycles. The van der Waals surface area contributed by atoms with E-state index >= 15 is 0 Å². The number of furan rings is 1. The number of carbonyl (C=O) groups is 1. The van der Waals surface area contributed by atoms with Crippen LogP contribution < -0.4 is 5.32 Å². The molecule has 2 aromatic heterocycles. The van der Waals surface area contributed by atoms with Crippen molar-refractivity contribution in [3.8, 4) is 0 Å². The highest BCUT2D eigenvalue weighted by atomic mass is 32.2. The third kappa shape index (κ3) is 5.57. The summed E-state index contributed by atoms with van der Waals surface area (Å²) in [6, 6.07) is 7.04. The van der Waals surface area contributed by atoms with Gasteiger partial charge in [-0.05, 0) is 37.1 Å². The Balaban J connectivity index is 1.53. The van der Waals surface area contributed by atoms with Crippen LogP contribution in [0.25, 0.3) is 0 Å². The topological polar surface area (TPSA) is 82.2 Å². The van der Waals surface area contributed by atoms with Gasteiger partial charge in [0.25, 0.3) is 0 Å². The number of methoxy groups -OCH3 is 1. The summed E-state index contributed by atoms with van der Waals surface area (Å²) < 4.78 is 51.3. The van der Waals surface area contributed by atoms with Gasteiger partial charge in [-0.1, -0.05) is 37.1 Å². The molecule has 0 radical (unpaired) electrons. The number of nitrogens with zero attached hydrogens (tertiary/aromatic N) is 3. The number of carbonyl (C=O) groups excluding carboxylic acids is 1. The fraction of sp³-hybridized carbons (Fsp3) is 0.435. The molecule has 0 bridgehead atoms. The van der Waals surface area contributed by atoms with E-state index in [4.69, 9.17) is 9.15 Å². The minimum absolute atomic E-state index is 0.158. The monoisotopic (exact) mass is 494 g/mol. The normalized spacial score (nSPS) is 14.8. The zero-order chi connectivity index (χ0) is 24.1. The summed E-state index contributed by atoms with van der Waals surface area (Å²) in [5, 5.41) is 12.5. The Morgan fingerprint density at radius 1 is 1.24 bits per heavy atom. The molecule has 4 rings (SSSR count). The summed E-state index contributed by atoms with van der Waals surface area (Å²) in [5.74, 6) is 0.713. The SMILES string of the molecule is COC(=O)c1occc1CSc1nnc(CNc2cccc(C(F)(F)F)c2)n1C1CCCCC1. The summed E-state index contributed by atoms with van der Waals surface area (Å²) in [5.41, 5.74) is 0.353. The van der Waals surface area contributed by atoms with E-state index in [2.05, 4.69) is 20.1 Å². The van der Waals surface area contributed by atoms with Gasteiger partial charge in [0.2, 0.25) is 5.76 Å². The van der Waals surface area contributed by atoms with Gasteiger partial charge in [0, 0.05) is 23.0 Å². The van der Waals surface area contributed by atoms with Crippen molar-refractivity contribution in [2.45, 2.75) is 61.8 Å². The summed E-state index contributed by atoms with van der Waals surface area (Å²) >= 11 is 1.43. The molecule has 1 aliphatic rings. The molecular weight excluding hydrogens is 469 g/mol. The van der Waals surface area contributed by atoms with Crippen molar-refractivity contribution in [3.63, 3.8) is 0 Å². The maximum absolute atomic E-state index is 13.1. The van der Waals surface area contributed by atoms with E-state index in [1.165, 1.54) is 37.6 Å². The summed E-state index contributed by atoms with van der Waals surface area (Å²) in [6.07, 6.45) is 2.39. The maximum atomic E-state index is 13.1. The first-order valence-electron chi connectivity index (χ1n) is 11.0. The van der Waals surface area contributed by atoms with Gasteiger partial charge in [-0.15, -0.1) is 10.2 Å². The highest BCUT2D eigenvalue weighted by Gasteiger charge is 2.30. The molecule has 1 fully saturated rings. The van der Waals surface area contributed by atoms with Crippen LogP contribution >= 0.6 is 11.8 Å². The first-order chi connectivity index (χ1) is 16.4. The van der Waals surface area contributed by atoms with Gasteiger partial charge < -0.3 is 19.0 Å². The molecule has 2 heterocycles. The summed E-state index contributed by atoms with van der Waals surface area (Å²) in [4.78, 5) is 11.9. The van der Waals surface area contributed by atoms with Gasteiger partial charge in [0.15, 0.2) is 11.0 Å². The third-order valence-corrected chi connectivity index (χ3v) is 6.78. The molecule has 1 aromatic carbocycles. The van der Waals surface area contributed by atoms with Crippen LogP contribution in [0.15, 0.2) is 46.2 Å². The molecule has 182 valence electrons. The number of thioether (sulfide) groups is 1. The lowest BCUT2D eigenvalue weighted by molar-refractivity contribution is -0.137. The summed E-state index contributed by atoms with van der Waals surface area (Å²) in [7, 11) is 1.30. The van der Waals surface area contributed by atoms with E-state index in [-0.39, 0.29) is 18.3 Å². The van der Waals surface area contributed by atoms with Gasteiger partial charge in [0.05, 0.1) is 25.5 Å². The van der Waals surface area contributed by atoms with Crippen LogP contribution in [0.3, 0.4) is 0 Å². The number of hydrogen-bond acceptors (Lipinski definition) is 7. The number of hydrogen-bond donors (Lipinski definition) is 1. The van der Waals surface area contributed by atoms with Gasteiger partial charge in [-0.25, -0.2) is 4.79 Å². The van der Waals surface area contributed by atoms with E-state index < -0.39 is 17.7 Å². The molecule has 1 saturated carbocycles. The first kappa shape index (κ1) is 24.2. The Hall–Kier alpha value is -2.95. The Bertz CT molecular complexity index is 1120. The van der Waals surface area contributed by atoms with E-state index in [0.29, 0.717) is 28.0 Å². The van der Waals surface area contributed by atoms with Crippen LogP contribution in [0.5, 0.6) is 0 Å². The molecular formula is C23H25F3N4O3S. The number of halogens is 3. The molecule has 1 N–H and O–H groups in total. The van der Waals surface area contributed by atoms with Crippen LogP contribution in [-0.2, 0) is 23.2 Å². The van der Waals surface area contributed by atoms with Gasteiger partial charge in [-0.3, -0.25) is 0 Å². The number of benzene rings is 1. The van der Waals surface area contributed by atoms with Crippen molar-refractivity contribution >= 4 is 23.4 Å². The molecule has 0 amide bonds. The van der Waals surface area contributed by atoms with Crippen molar-refractivity contribution in [2.75, 3.05) is 12.4 Å². The molecule has 0 saturated heterocycles. The number of rotatable bonds is 8. The summed E-state index contributed by atoms with van der Waals surface area (Å²) in [6.45, 7) is 0.241. The Labute approximate surface area is 199 Å². The molecule has 3 aromatic rings. The zero-order valence-corrected chi connectivity index (χ0v) is 19.4. The molecule has 11 heteroatoms. The lowest BCUT2D eigenvalue weighted by Gasteiger charge is -2.25. The first-order valence-corrected chi connectivity index (χ1v) is 12.0. The Kier molecular flexibility index (Phi) is 7.50. The van der Waals surface area contributed by atoms with Crippen LogP contribution in [-0.4, -0.2) is 27.8 Å². The fourth-order valence-corrected chi connectivity index (χ4v) is 5.09. The predicted octanol–water partition coefficient (Wildman–Crippen LogP) is 6.09. The number of esters is 1. The number of anilines is 1. The fourth-order valence-electron chi connectivity index (χ4n) is 4.08. The average Bonchev–Trinajstić information content (AvgIpc) is 3.48. The highest BCUT2D eigenvalue weighted by molar-refractivity contribution is 7.98. The van der Waals surface area contributed by atoms with E-state index in [1.807, 2.05) is 0 Å². The van der Waals surface area contributed by atoms with Crippen molar-refractivity contribution in [3.05, 3.63) is 59.3 Å². The van der Waals surface area contributed by atoms with Crippen molar-refractivity contribution in [1.29, 1.82) is 0 Å². The lowest BCUT2D eigenvalue weighted by atomic mass is 9.95. The number of alkyl halides is 3. The Morgan fingerprint density at radius 3 is 2.76 bits per heavy atom. The molecule has 0 unspecified atom stereocenters. The van der Waals surface area contributed by atoms with Crippen LogP contribution in [0.1, 0.15) is 65.7 Å². The molecule has 1 aliphatic carbocycles. The second kappa shape index (κ2) is 10.5. The van der Waals surface area contributed by atoms with Gasteiger partial charge in [-0.2, -0.15) is 13.2 Å². The second-order valence-corrected chi connectivity index (χ2v) is 8.99. The van der Waals surface area contributed by atoms with Gasteiger partial charge >= 0.3 is 12.1 Å². The van der Waals surface area contributed by atoms with Crippen molar-refractivity contribution < 1.29 is 27.1 Å². The van der Waals surface area contributed by atoms with E-state index in [0.717, 1.165) is 37.8 Å². The van der Waals surface area contributed by atoms with Crippen molar-refractivity contribution in [2.24, 2.45) is 0 Å². The molecule has 0 spiro atoms. The minimum atomic E-state index is -4.40. The standard InChI is InChI=1S/C23H25F3N4O3S/c1-32-21(31)20-15(10-11-33-20)14-34-22-29-28-19(30(22)18-8-3-2-4-9-18)13-27-17-7-5-6-16(12-17)23(24,25)26/h5-7,10-12,18,27H,2-4,8-9,13-14H2,1H3. The molecule has 0 atom stereocenters.